The molecule has 0 aliphatic heterocycles. The Morgan fingerprint density at radius 1 is 1.20 bits per heavy atom. The van der Waals surface area contributed by atoms with Crippen LogP contribution in [0, 0.1) is 5.92 Å². The third kappa shape index (κ3) is 8.75. The Kier molecular flexibility index (Phi) is 9.55. The zero-order valence-electron chi connectivity index (χ0n) is 14.2. The van der Waals surface area contributed by atoms with Gasteiger partial charge in [0.2, 0.25) is 0 Å². The van der Waals surface area contributed by atoms with Crippen LogP contribution in [0.25, 0.3) is 0 Å². The predicted octanol–water partition coefficient (Wildman–Crippen LogP) is 3.81. The van der Waals surface area contributed by atoms with Crippen LogP contribution in [0.2, 0.25) is 0 Å². The van der Waals surface area contributed by atoms with Gasteiger partial charge in [0.05, 0.1) is 5.56 Å². The van der Waals surface area contributed by atoms with E-state index in [2.05, 4.69) is 15.6 Å². The van der Waals surface area contributed by atoms with Gasteiger partial charge in [-0.05, 0) is 42.9 Å². The molecule has 0 bridgehead atoms. The lowest BCUT2D eigenvalue weighted by Gasteiger charge is -2.13. The van der Waals surface area contributed by atoms with Gasteiger partial charge in [0.25, 0.3) is 0 Å². The van der Waals surface area contributed by atoms with Gasteiger partial charge in [0.1, 0.15) is 0 Å². The molecule has 1 aliphatic rings. The second-order valence-electron chi connectivity index (χ2n) is 5.92. The fourth-order valence-corrected chi connectivity index (χ4v) is 2.13. The molecule has 25 heavy (non-hydrogen) atoms. The van der Waals surface area contributed by atoms with Crippen LogP contribution in [-0.4, -0.2) is 32.8 Å². The number of ether oxygens (including phenoxy) is 1. The number of nitrogens with zero attached hydrogens (tertiary/aromatic N) is 1. The molecule has 8 heteroatoms. The lowest BCUT2D eigenvalue weighted by atomic mass is 10.1. The summed E-state index contributed by atoms with van der Waals surface area (Å²) in [5.41, 5.74) is 0.124. The van der Waals surface area contributed by atoms with Gasteiger partial charge < -0.3 is 15.4 Å². The van der Waals surface area contributed by atoms with Gasteiger partial charge in [-0.1, -0.05) is 12.1 Å². The molecule has 0 heterocycles. The highest BCUT2D eigenvalue weighted by Crippen LogP contribution is 2.29. The number of aliphatic imine (C=N–C) groups is 1. The van der Waals surface area contributed by atoms with E-state index in [1.54, 1.807) is 7.05 Å². The van der Waals surface area contributed by atoms with Crippen LogP contribution in [0.15, 0.2) is 29.3 Å². The average Bonchev–Trinajstić information content (AvgIpc) is 3.37. The van der Waals surface area contributed by atoms with E-state index < -0.39 is 11.7 Å². The van der Waals surface area contributed by atoms with Crippen molar-refractivity contribution >= 4 is 29.9 Å². The first-order chi connectivity index (χ1) is 11.5. The Bertz CT molecular complexity index is 531. The minimum Gasteiger partial charge on any atom is -0.381 e. The van der Waals surface area contributed by atoms with E-state index in [0.717, 1.165) is 49.8 Å². The van der Waals surface area contributed by atoms with E-state index in [-0.39, 0.29) is 24.0 Å². The van der Waals surface area contributed by atoms with E-state index in [9.17, 15) is 13.2 Å². The topological polar surface area (TPSA) is 45.7 Å². The zero-order chi connectivity index (χ0) is 17.4. The van der Waals surface area contributed by atoms with Crippen molar-refractivity contribution in [3.8, 4) is 0 Å². The van der Waals surface area contributed by atoms with E-state index in [4.69, 9.17) is 4.74 Å². The molecule has 142 valence electrons. The number of hydrogen-bond donors (Lipinski definition) is 2. The Morgan fingerprint density at radius 3 is 2.44 bits per heavy atom. The number of halogens is 4. The molecular formula is C17H25F3IN3O. The lowest BCUT2D eigenvalue weighted by Crippen LogP contribution is -2.37. The normalized spacial score (nSPS) is 14.8. The fraction of sp³-hybridized carbons (Fsp3) is 0.588. The van der Waals surface area contributed by atoms with Gasteiger partial charge >= 0.3 is 6.18 Å². The summed E-state index contributed by atoms with van der Waals surface area (Å²) in [5, 5.41) is 6.24. The quantitative estimate of drug-likeness (QED) is 0.263. The smallest absolute Gasteiger partial charge is 0.381 e. The first-order valence-corrected chi connectivity index (χ1v) is 8.17. The van der Waals surface area contributed by atoms with Crippen LogP contribution in [-0.2, 0) is 17.5 Å². The third-order valence-electron chi connectivity index (χ3n) is 3.77. The first kappa shape index (κ1) is 22.0. The Balaban J connectivity index is 0.00000312. The van der Waals surface area contributed by atoms with Crippen molar-refractivity contribution in [2.75, 3.05) is 26.8 Å². The van der Waals surface area contributed by atoms with Crippen molar-refractivity contribution in [1.29, 1.82) is 0 Å². The minimum atomic E-state index is -4.30. The van der Waals surface area contributed by atoms with E-state index in [1.165, 1.54) is 25.0 Å². The van der Waals surface area contributed by atoms with Gasteiger partial charge in [-0.2, -0.15) is 13.2 Å². The molecule has 1 saturated carbocycles. The summed E-state index contributed by atoms with van der Waals surface area (Å²) in [4.78, 5) is 4.09. The summed E-state index contributed by atoms with van der Waals surface area (Å²) < 4.78 is 43.1. The molecule has 1 aromatic carbocycles. The molecule has 0 amide bonds. The van der Waals surface area contributed by atoms with Gasteiger partial charge in [0.15, 0.2) is 5.96 Å². The highest BCUT2D eigenvalue weighted by molar-refractivity contribution is 14.0. The van der Waals surface area contributed by atoms with Gasteiger partial charge in [-0.3, -0.25) is 4.99 Å². The number of alkyl halides is 3. The highest BCUT2D eigenvalue weighted by Gasteiger charge is 2.29. The van der Waals surface area contributed by atoms with Crippen molar-refractivity contribution in [3.05, 3.63) is 35.4 Å². The molecule has 1 fully saturated rings. The number of benzene rings is 1. The highest BCUT2D eigenvalue weighted by atomic mass is 127. The average molecular weight is 471 g/mol. The number of nitrogens with one attached hydrogen (secondary N) is 2. The van der Waals surface area contributed by atoms with Crippen molar-refractivity contribution in [3.63, 3.8) is 0 Å². The summed E-state index contributed by atoms with van der Waals surface area (Å²) in [5.74, 6) is 1.40. The SMILES string of the molecule is CN=C(NCCCOCC1CC1)NCc1ccc(C(F)(F)F)cc1.I. The fourth-order valence-electron chi connectivity index (χ4n) is 2.13. The lowest BCUT2D eigenvalue weighted by molar-refractivity contribution is -0.137. The van der Waals surface area contributed by atoms with Crippen LogP contribution in [0.1, 0.15) is 30.4 Å². The molecule has 4 nitrogen and oxygen atoms in total. The molecule has 0 radical (unpaired) electrons. The molecule has 0 spiro atoms. The maximum atomic E-state index is 12.5. The van der Waals surface area contributed by atoms with E-state index in [1.807, 2.05) is 0 Å². The van der Waals surface area contributed by atoms with Gasteiger partial charge in [0, 0.05) is 33.4 Å². The van der Waals surface area contributed by atoms with Gasteiger partial charge in [-0.15, -0.1) is 24.0 Å². The maximum absolute atomic E-state index is 12.5. The van der Waals surface area contributed by atoms with Crippen molar-refractivity contribution < 1.29 is 17.9 Å². The van der Waals surface area contributed by atoms with E-state index >= 15 is 0 Å². The molecule has 2 rings (SSSR count). The molecular weight excluding hydrogens is 446 g/mol. The first-order valence-electron chi connectivity index (χ1n) is 8.17. The standard InChI is InChI=1S/C17H24F3N3O.HI/c1-21-16(22-9-2-10-24-12-14-3-4-14)23-11-13-5-7-15(8-6-13)17(18,19)20;/h5-8,14H,2-4,9-12H2,1H3,(H2,21,22,23);1H. The zero-order valence-corrected chi connectivity index (χ0v) is 16.6. The van der Waals surface area contributed by atoms with Crippen LogP contribution in [0.3, 0.4) is 0 Å². The molecule has 0 saturated heterocycles. The summed E-state index contributed by atoms with van der Waals surface area (Å²) in [6.07, 6.45) is -0.837. The Labute approximate surface area is 163 Å². The monoisotopic (exact) mass is 471 g/mol. The maximum Gasteiger partial charge on any atom is 0.416 e. The van der Waals surface area contributed by atoms with Gasteiger partial charge in [-0.25, -0.2) is 0 Å². The molecule has 2 N–H and O–H groups in total. The number of rotatable bonds is 8. The summed E-state index contributed by atoms with van der Waals surface area (Å²) in [6.45, 7) is 2.73. The second-order valence-corrected chi connectivity index (χ2v) is 5.92. The van der Waals surface area contributed by atoms with Crippen LogP contribution >= 0.6 is 24.0 Å². The summed E-state index contributed by atoms with van der Waals surface area (Å²) in [6, 6.07) is 5.11. The largest absolute Gasteiger partial charge is 0.416 e. The minimum absolute atomic E-state index is 0. The Morgan fingerprint density at radius 2 is 1.88 bits per heavy atom. The molecule has 1 aliphatic carbocycles. The third-order valence-corrected chi connectivity index (χ3v) is 3.77. The summed E-state index contributed by atoms with van der Waals surface area (Å²) in [7, 11) is 1.66. The second kappa shape index (κ2) is 10.8. The number of hydrogen-bond acceptors (Lipinski definition) is 2. The number of guanidine groups is 1. The molecule has 0 unspecified atom stereocenters. The predicted molar refractivity (Wildman–Crippen MR) is 103 cm³/mol. The van der Waals surface area contributed by atoms with Crippen LogP contribution in [0.4, 0.5) is 13.2 Å². The van der Waals surface area contributed by atoms with Crippen molar-refractivity contribution in [2.45, 2.75) is 32.0 Å². The van der Waals surface area contributed by atoms with Crippen molar-refractivity contribution in [2.24, 2.45) is 10.9 Å². The molecule has 0 atom stereocenters. The Hall–Kier alpha value is -1.03. The van der Waals surface area contributed by atoms with Crippen molar-refractivity contribution in [1.82, 2.24) is 10.6 Å². The van der Waals surface area contributed by atoms with Crippen LogP contribution < -0.4 is 10.6 Å². The summed E-state index contributed by atoms with van der Waals surface area (Å²) >= 11 is 0. The molecule has 0 aromatic heterocycles. The van der Waals surface area contributed by atoms with Crippen LogP contribution in [0.5, 0.6) is 0 Å². The van der Waals surface area contributed by atoms with E-state index in [0.29, 0.717) is 12.5 Å². The molecule has 1 aromatic rings.